The summed E-state index contributed by atoms with van der Waals surface area (Å²) in [6.45, 7) is 2.60. The van der Waals surface area contributed by atoms with E-state index in [1.165, 1.54) is 12.5 Å². The highest BCUT2D eigenvalue weighted by molar-refractivity contribution is 5.93. The number of ether oxygens (including phenoxy) is 1. The van der Waals surface area contributed by atoms with Crippen molar-refractivity contribution in [2.75, 3.05) is 13.2 Å². The van der Waals surface area contributed by atoms with Gasteiger partial charge in [0, 0.05) is 13.0 Å². The summed E-state index contributed by atoms with van der Waals surface area (Å²) in [6, 6.07) is 1.58. The van der Waals surface area contributed by atoms with Crippen molar-refractivity contribution in [2.24, 2.45) is 0 Å². The molecule has 0 aliphatic heterocycles. The molecule has 88 valence electrons. The summed E-state index contributed by atoms with van der Waals surface area (Å²) in [4.78, 5) is 22.4. The Morgan fingerprint density at radius 2 is 2.31 bits per heavy atom. The van der Waals surface area contributed by atoms with Gasteiger partial charge in [-0.25, -0.2) is 0 Å². The predicted molar refractivity (Wildman–Crippen MR) is 56.9 cm³/mol. The zero-order valence-electron chi connectivity index (χ0n) is 9.19. The third-order valence-electron chi connectivity index (χ3n) is 1.93. The van der Waals surface area contributed by atoms with Crippen LogP contribution in [0.4, 0.5) is 0 Å². The lowest BCUT2D eigenvalue weighted by atomic mass is 10.3. The lowest BCUT2D eigenvalue weighted by Crippen LogP contribution is -2.24. The molecular weight excluding hydrogens is 210 g/mol. The first-order chi connectivity index (χ1) is 7.74. The Hall–Kier alpha value is -1.78. The van der Waals surface area contributed by atoms with E-state index in [9.17, 15) is 9.59 Å². The van der Waals surface area contributed by atoms with Crippen LogP contribution in [-0.4, -0.2) is 25.0 Å². The number of esters is 1. The molecule has 0 atom stereocenters. The van der Waals surface area contributed by atoms with E-state index in [1.54, 1.807) is 13.0 Å². The van der Waals surface area contributed by atoms with Gasteiger partial charge in [0.25, 0.3) is 5.91 Å². The van der Waals surface area contributed by atoms with Gasteiger partial charge in [0.05, 0.1) is 18.4 Å². The van der Waals surface area contributed by atoms with Crippen molar-refractivity contribution in [1.29, 1.82) is 0 Å². The zero-order chi connectivity index (χ0) is 11.8. The van der Waals surface area contributed by atoms with Crippen molar-refractivity contribution in [3.05, 3.63) is 24.2 Å². The molecule has 0 aliphatic rings. The van der Waals surface area contributed by atoms with E-state index in [2.05, 4.69) is 5.32 Å². The van der Waals surface area contributed by atoms with Crippen LogP contribution in [0, 0.1) is 0 Å². The molecule has 0 radical (unpaired) electrons. The summed E-state index contributed by atoms with van der Waals surface area (Å²) >= 11 is 0. The normalized spacial score (nSPS) is 9.81. The molecule has 5 nitrogen and oxygen atoms in total. The van der Waals surface area contributed by atoms with Crippen LogP contribution in [0.3, 0.4) is 0 Å². The standard InChI is InChI=1S/C11H15NO4/c1-2-16-10(13)4-3-6-12-11(14)9-5-7-15-8-9/h5,7-8H,2-4,6H2,1H3,(H,12,14). The highest BCUT2D eigenvalue weighted by atomic mass is 16.5. The van der Waals surface area contributed by atoms with Gasteiger partial charge in [0.1, 0.15) is 6.26 Å². The minimum Gasteiger partial charge on any atom is -0.472 e. The molecule has 1 amide bonds. The van der Waals surface area contributed by atoms with Crippen molar-refractivity contribution in [3.8, 4) is 0 Å². The topological polar surface area (TPSA) is 68.5 Å². The SMILES string of the molecule is CCOC(=O)CCCNC(=O)c1ccoc1. The zero-order valence-corrected chi connectivity index (χ0v) is 9.19. The maximum Gasteiger partial charge on any atom is 0.305 e. The molecule has 5 heteroatoms. The summed E-state index contributed by atoms with van der Waals surface area (Å²) in [5.74, 6) is -0.433. The van der Waals surface area contributed by atoms with E-state index >= 15 is 0 Å². The minimum absolute atomic E-state index is 0.197. The van der Waals surface area contributed by atoms with E-state index in [0.717, 1.165) is 0 Å². The van der Waals surface area contributed by atoms with E-state index in [0.29, 0.717) is 31.6 Å². The molecule has 1 rings (SSSR count). The van der Waals surface area contributed by atoms with Gasteiger partial charge in [0.15, 0.2) is 0 Å². The van der Waals surface area contributed by atoms with Crippen molar-refractivity contribution in [3.63, 3.8) is 0 Å². The first-order valence-electron chi connectivity index (χ1n) is 5.20. The fourth-order valence-electron chi connectivity index (χ4n) is 1.16. The predicted octanol–water partition coefficient (Wildman–Crippen LogP) is 1.35. The average Bonchev–Trinajstić information content (AvgIpc) is 2.78. The smallest absolute Gasteiger partial charge is 0.305 e. The number of carbonyl (C=O) groups excluding carboxylic acids is 2. The second-order valence-corrected chi connectivity index (χ2v) is 3.18. The maximum absolute atomic E-state index is 11.4. The van der Waals surface area contributed by atoms with Crippen molar-refractivity contribution in [2.45, 2.75) is 19.8 Å². The van der Waals surface area contributed by atoms with Crippen LogP contribution in [0.5, 0.6) is 0 Å². The Kier molecular flexibility index (Phi) is 5.11. The van der Waals surface area contributed by atoms with Crippen molar-refractivity contribution in [1.82, 2.24) is 5.32 Å². The Bertz CT molecular complexity index is 332. The Morgan fingerprint density at radius 1 is 1.50 bits per heavy atom. The molecule has 1 N–H and O–H groups in total. The van der Waals surface area contributed by atoms with Crippen LogP contribution in [-0.2, 0) is 9.53 Å². The van der Waals surface area contributed by atoms with E-state index < -0.39 is 0 Å². The Labute approximate surface area is 93.8 Å². The quantitative estimate of drug-likeness (QED) is 0.586. The molecule has 0 aromatic carbocycles. The summed E-state index contributed by atoms with van der Waals surface area (Å²) in [5, 5.41) is 2.68. The van der Waals surface area contributed by atoms with Crippen LogP contribution in [0.15, 0.2) is 23.0 Å². The molecule has 1 aromatic rings. The second kappa shape index (κ2) is 6.66. The fourth-order valence-corrected chi connectivity index (χ4v) is 1.16. The summed E-state index contributed by atoms with van der Waals surface area (Å²) in [7, 11) is 0. The maximum atomic E-state index is 11.4. The molecule has 1 aromatic heterocycles. The summed E-state index contributed by atoms with van der Waals surface area (Å²) in [6.07, 6.45) is 3.70. The van der Waals surface area contributed by atoms with Gasteiger partial charge < -0.3 is 14.5 Å². The van der Waals surface area contributed by atoms with Gasteiger partial charge in [0.2, 0.25) is 0 Å². The molecule has 0 aliphatic carbocycles. The number of rotatable bonds is 6. The van der Waals surface area contributed by atoms with E-state index in [-0.39, 0.29) is 11.9 Å². The number of amides is 1. The highest BCUT2D eigenvalue weighted by Gasteiger charge is 2.06. The first-order valence-corrected chi connectivity index (χ1v) is 5.20. The molecule has 0 unspecified atom stereocenters. The van der Waals surface area contributed by atoms with Crippen LogP contribution in [0.25, 0.3) is 0 Å². The van der Waals surface area contributed by atoms with Crippen LogP contribution in [0.2, 0.25) is 0 Å². The number of carbonyl (C=O) groups is 2. The van der Waals surface area contributed by atoms with Gasteiger partial charge >= 0.3 is 5.97 Å². The molecule has 1 heterocycles. The Balaban J connectivity index is 2.12. The third-order valence-corrected chi connectivity index (χ3v) is 1.93. The first kappa shape index (κ1) is 12.3. The molecule has 0 saturated carbocycles. The number of hydrogen-bond donors (Lipinski definition) is 1. The summed E-state index contributed by atoms with van der Waals surface area (Å²) < 4.78 is 9.53. The lowest BCUT2D eigenvalue weighted by molar-refractivity contribution is -0.143. The minimum atomic E-state index is -0.236. The van der Waals surface area contributed by atoms with Gasteiger partial charge in [-0.3, -0.25) is 9.59 Å². The molecule has 0 saturated heterocycles. The van der Waals surface area contributed by atoms with Gasteiger partial charge in [-0.05, 0) is 19.4 Å². The Morgan fingerprint density at radius 3 is 2.94 bits per heavy atom. The van der Waals surface area contributed by atoms with Gasteiger partial charge in [-0.2, -0.15) is 0 Å². The molecule has 16 heavy (non-hydrogen) atoms. The summed E-state index contributed by atoms with van der Waals surface area (Å²) in [5.41, 5.74) is 0.483. The van der Waals surface area contributed by atoms with Crippen molar-refractivity contribution >= 4 is 11.9 Å². The number of furan rings is 1. The van der Waals surface area contributed by atoms with Crippen LogP contribution < -0.4 is 5.32 Å². The average molecular weight is 225 g/mol. The fraction of sp³-hybridized carbons (Fsp3) is 0.455. The molecule has 0 fully saturated rings. The van der Waals surface area contributed by atoms with Crippen LogP contribution in [0.1, 0.15) is 30.1 Å². The molecular formula is C11H15NO4. The molecule has 0 bridgehead atoms. The van der Waals surface area contributed by atoms with Crippen molar-refractivity contribution < 1.29 is 18.7 Å². The van der Waals surface area contributed by atoms with Crippen LogP contribution >= 0.6 is 0 Å². The van der Waals surface area contributed by atoms with E-state index in [1.807, 2.05) is 0 Å². The second-order valence-electron chi connectivity index (χ2n) is 3.18. The van der Waals surface area contributed by atoms with E-state index in [4.69, 9.17) is 9.15 Å². The number of nitrogens with one attached hydrogen (secondary N) is 1. The third kappa shape index (κ3) is 4.16. The monoisotopic (exact) mass is 225 g/mol. The molecule has 0 spiro atoms. The van der Waals surface area contributed by atoms with Gasteiger partial charge in [-0.1, -0.05) is 0 Å². The number of hydrogen-bond acceptors (Lipinski definition) is 4. The van der Waals surface area contributed by atoms with Gasteiger partial charge in [-0.15, -0.1) is 0 Å². The largest absolute Gasteiger partial charge is 0.472 e. The highest BCUT2D eigenvalue weighted by Crippen LogP contribution is 1.99. The lowest BCUT2D eigenvalue weighted by Gasteiger charge is -2.03.